The number of hydrogen-bond donors (Lipinski definition) is 1. The summed E-state index contributed by atoms with van der Waals surface area (Å²) in [5.41, 5.74) is 2.12. The van der Waals surface area contributed by atoms with Crippen molar-refractivity contribution in [3.63, 3.8) is 0 Å². The van der Waals surface area contributed by atoms with E-state index in [4.69, 9.17) is 21.1 Å². The SMILES string of the molecule is Cc1cc(OC(c2ccccc2)C2CNCCO2)ccc1Cl. The quantitative estimate of drug-likeness (QED) is 0.931. The molecule has 0 bridgehead atoms. The van der Waals surface area contributed by atoms with Crippen LogP contribution in [0.25, 0.3) is 0 Å². The van der Waals surface area contributed by atoms with Gasteiger partial charge in [0.2, 0.25) is 0 Å². The second kappa shape index (κ2) is 7.14. The van der Waals surface area contributed by atoms with Crippen molar-refractivity contribution in [3.8, 4) is 5.75 Å². The Bertz CT molecular complexity index is 612. The molecule has 0 spiro atoms. The van der Waals surface area contributed by atoms with Gasteiger partial charge < -0.3 is 14.8 Å². The van der Waals surface area contributed by atoms with E-state index in [0.29, 0.717) is 6.61 Å². The van der Waals surface area contributed by atoms with E-state index in [1.165, 1.54) is 0 Å². The lowest BCUT2D eigenvalue weighted by Gasteiger charge is -2.31. The van der Waals surface area contributed by atoms with Gasteiger partial charge in [-0.25, -0.2) is 0 Å². The monoisotopic (exact) mass is 317 g/mol. The van der Waals surface area contributed by atoms with Crippen LogP contribution in [-0.2, 0) is 4.74 Å². The van der Waals surface area contributed by atoms with E-state index in [-0.39, 0.29) is 12.2 Å². The number of benzene rings is 2. The van der Waals surface area contributed by atoms with E-state index in [1.807, 2.05) is 43.3 Å². The van der Waals surface area contributed by atoms with Gasteiger partial charge in [0.15, 0.2) is 6.10 Å². The summed E-state index contributed by atoms with van der Waals surface area (Å²) < 4.78 is 12.2. The summed E-state index contributed by atoms with van der Waals surface area (Å²) in [5.74, 6) is 0.810. The Balaban J connectivity index is 1.86. The van der Waals surface area contributed by atoms with Crippen LogP contribution in [0.3, 0.4) is 0 Å². The third-order valence-electron chi connectivity index (χ3n) is 3.81. The normalized spacial score (nSPS) is 19.6. The molecule has 4 heteroatoms. The predicted molar refractivity (Wildman–Crippen MR) is 88.6 cm³/mol. The predicted octanol–water partition coefficient (Wildman–Crippen LogP) is 3.76. The van der Waals surface area contributed by atoms with Gasteiger partial charge in [0.1, 0.15) is 11.9 Å². The molecule has 1 saturated heterocycles. The smallest absolute Gasteiger partial charge is 0.151 e. The minimum Gasteiger partial charge on any atom is -0.483 e. The molecule has 2 unspecified atom stereocenters. The van der Waals surface area contributed by atoms with Gasteiger partial charge in [-0.15, -0.1) is 0 Å². The summed E-state index contributed by atoms with van der Waals surface area (Å²) in [7, 11) is 0. The Morgan fingerprint density at radius 3 is 2.73 bits per heavy atom. The molecule has 3 rings (SSSR count). The molecule has 0 radical (unpaired) electrons. The molecular formula is C18H20ClNO2. The van der Waals surface area contributed by atoms with Crippen LogP contribution in [-0.4, -0.2) is 25.8 Å². The van der Waals surface area contributed by atoms with Crippen LogP contribution < -0.4 is 10.1 Å². The largest absolute Gasteiger partial charge is 0.483 e. The van der Waals surface area contributed by atoms with Crippen LogP contribution in [0, 0.1) is 6.92 Å². The van der Waals surface area contributed by atoms with Crippen molar-refractivity contribution in [2.45, 2.75) is 19.1 Å². The highest BCUT2D eigenvalue weighted by Crippen LogP contribution is 2.29. The molecular weight excluding hydrogens is 298 g/mol. The van der Waals surface area contributed by atoms with E-state index < -0.39 is 0 Å². The molecule has 1 heterocycles. The second-order valence-corrected chi connectivity index (χ2v) is 5.88. The highest BCUT2D eigenvalue weighted by molar-refractivity contribution is 6.31. The summed E-state index contributed by atoms with van der Waals surface area (Å²) in [6, 6.07) is 15.9. The Labute approximate surface area is 136 Å². The molecule has 1 N–H and O–H groups in total. The molecule has 22 heavy (non-hydrogen) atoms. The number of nitrogens with one attached hydrogen (secondary N) is 1. The van der Waals surface area contributed by atoms with Crippen molar-refractivity contribution in [2.75, 3.05) is 19.7 Å². The fraction of sp³-hybridized carbons (Fsp3) is 0.333. The molecule has 2 aromatic carbocycles. The number of ether oxygens (including phenoxy) is 2. The maximum atomic E-state index is 6.25. The second-order valence-electron chi connectivity index (χ2n) is 5.47. The zero-order chi connectivity index (χ0) is 15.4. The van der Waals surface area contributed by atoms with Gasteiger partial charge in [-0.1, -0.05) is 41.9 Å². The topological polar surface area (TPSA) is 30.5 Å². The third kappa shape index (κ3) is 3.61. The first kappa shape index (κ1) is 15.3. The van der Waals surface area contributed by atoms with Crippen molar-refractivity contribution >= 4 is 11.6 Å². The molecule has 1 aliphatic heterocycles. The average molecular weight is 318 g/mol. The van der Waals surface area contributed by atoms with Gasteiger partial charge in [0.05, 0.1) is 6.61 Å². The average Bonchev–Trinajstić information content (AvgIpc) is 2.57. The van der Waals surface area contributed by atoms with Crippen molar-refractivity contribution in [3.05, 3.63) is 64.7 Å². The van der Waals surface area contributed by atoms with Gasteiger partial charge in [0.25, 0.3) is 0 Å². The summed E-state index contributed by atoms with van der Waals surface area (Å²) in [4.78, 5) is 0. The van der Waals surface area contributed by atoms with Crippen LogP contribution in [0.2, 0.25) is 5.02 Å². The lowest BCUT2D eigenvalue weighted by Crippen LogP contribution is -2.43. The zero-order valence-electron chi connectivity index (χ0n) is 12.6. The lowest BCUT2D eigenvalue weighted by molar-refractivity contribution is -0.0432. The minimum absolute atomic E-state index is 0.00728. The van der Waals surface area contributed by atoms with E-state index in [9.17, 15) is 0 Å². The molecule has 3 nitrogen and oxygen atoms in total. The number of halogens is 1. The van der Waals surface area contributed by atoms with E-state index in [0.717, 1.165) is 35.0 Å². The van der Waals surface area contributed by atoms with Gasteiger partial charge in [0, 0.05) is 18.1 Å². The molecule has 2 atom stereocenters. The first-order valence-electron chi connectivity index (χ1n) is 7.54. The summed E-state index contributed by atoms with van der Waals surface area (Å²) in [6.45, 7) is 4.35. The number of rotatable bonds is 4. The van der Waals surface area contributed by atoms with E-state index in [1.54, 1.807) is 0 Å². The lowest BCUT2D eigenvalue weighted by atomic mass is 10.0. The number of hydrogen-bond acceptors (Lipinski definition) is 3. The van der Waals surface area contributed by atoms with Gasteiger partial charge in [-0.05, 0) is 36.2 Å². The molecule has 0 aromatic heterocycles. The van der Waals surface area contributed by atoms with Crippen molar-refractivity contribution in [1.29, 1.82) is 0 Å². The van der Waals surface area contributed by atoms with Crippen LogP contribution in [0.1, 0.15) is 17.2 Å². The highest BCUT2D eigenvalue weighted by Gasteiger charge is 2.27. The summed E-state index contributed by atoms with van der Waals surface area (Å²) >= 11 is 6.09. The standard InChI is InChI=1S/C18H20ClNO2/c1-13-11-15(7-8-16(13)19)22-18(14-5-3-2-4-6-14)17-12-20-9-10-21-17/h2-8,11,17-18,20H,9-10,12H2,1H3. The van der Waals surface area contributed by atoms with Crippen LogP contribution in [0.5, 0.6) is 5.75 Å². The van der Waals surface area contributed by atoms with Gasteiger partial charge in [-0.3, -0.25) is 0 Å². The van der Waals surface area contributed by atoms with E-state index in [2.05, 4.69) is 17.4 Å². The van der Waals surface area contributed by atoms with Crippen LogP contribution >= 0.6 is 11.6 Å². The van der Waals surface area contributed by atoms with Gasteiger partial charge in [-0.2, -0.15) is 0 Å². The molecule has 2 aromatic rings. The maximum Gasteiger partial charge on any atom is 0.151 e. The van der Waals surface area contributed by atoms with Gasteiger partial charge >= 0.3 is 0 Å². The highest BCUT2D eigenvalue weighted by atomic mass is 35.5. The molecule has 0 aliphatic carbocycles. The Morgan fingerprint density at radius 1 is 1.23 bits per heavy atom. The van der Waals surface area contributed by atoms with E-state index >= 15 is 0 Å². The number of morpholine rings is 1. The van der Waals surface area contributed by atoms with Crippen molar-refractivity contribution in [2.24, 2.45) is 0 Å². The first-order valence-corrected chi connectivity index (χ1v) is 7.92. The van der Waals surface area contributed by atoms with Crippen molar-refractivity contribution < 1.29 is 9.47 Å². The first-order chi connectivity index (χ1) is 10.7. The molecule has 1 fully saturated rings. The fourth-order valence-electron chi connectivity index (χ4n) is 2.62. The molecule has 116 valence electrons. The summed E-state index contributed by atoms with van der Waals surface area (Å²) in [5, 5.41) is 4.11. The third-order valence-corrected chi connectivity index (χ3v) is 4.24. The van der Waals surface area contributed by atoms with Crippen LogP contribution in [0.15, 0.2) is 48.5 Å². The Hall–Kier alpha value is -1.55. The molecule has 1 aliphatic rings. The maximum absolute atomic E-state index is 6.25. The molecule has 0 amide bonds. The number of aryl methyl sites for hydroxylation is 1. The molecule has 0 saturated carbocycles. The zero-order valence-corrected chi connectivity index (χ0v) is 13.3. The summed E-state index contributed by atoms with van der Waals surface area (Å²) in [6.07, 6.45) is -0.151. The Morgan fingerprint density at radius 2 is 2.05 bits per heavy atom. The minimum atomic E-state index is -0.144. The fourth-order valence-corrected chi connectivity index (χ4v) is 2.74. The Kier molecular flexibility index (Phi) is 4.98. The van der Waals surface area contributed by atoms with Crippen LogP contribution in [0.4, 0.5) is 0 Å². The van der Waals surface area contributed by atoms with Crippen molar-refractivity contribution in [1.82, 2.24) is 5.32 Å².